The summed E-state index contributed by atoms with van der Waals surface area (Å²) in [6, 6.07) is 6.25. The normalized spacial score (nSPS) is 12.9. The monoisotopic (exact) mass is 231 g/mol. The first kappa shape index (κ1) is 11.8. The third kappa shape index (κ3) is 3.49. The van der Waals surface area contributed by atoms with Crippen molar-refractivity contribution in [2.24, 2.45) is 0 Å². The highest BCUT2D eigenvalue weighted by molar-refractivity contribution is 6.42. The van der Waals surface area contributed by atoms with Crippen LogP contribution in [0.1, 0.15) is 25.8 Å². The van der Waals surface area contributed by atoms with Crippen molar-refractivity contribution in [2.45, 2.75) is 32.9 Å². The Morgan fingerprint density at radius 3 is 2.57 bits per heavy atom. The van der Waals surface area contributed by atoms with Crippen LogP contribution in [0.25, 0.3) is 0 Å². The lowest BCUT2D eigenvalue weighted by Crippen LogP contribution is -2.24. The molecule has 3 heteroatoms. The molecular formula is C11H15Cl2N. The van der Waals surface area contributed by atoms with Gasteiger partial charge in [-0.2, -0.15) is 0 Å². The lowest BCUT2D eigenvalue weighted by molar-refractivity contribution is 0.534. The summed E-state index contributed by atoms with van der Waals surface area (Å²) in [5, 5.41) is 4.62. The Balaban J connectivity index is 2.55. The Morgan fingerprint density at radius 1 is 1.29 bits per heavy atom. The summed E-state index contributed by atoms with van der Waals surface area (Å²) in [6.07, 6.45) is 1.13. The average molecular weight is 232 g/mol. The molecule has 0 amide bonds. The second kappa shape index (κ2) is 5.59. The molecule has 0 unspecified atom stereocenters. The molecule has 1 rings (SSSR count). The average Bonchev–Trinajstić information content (AvgIpc) is 2.19. The predicted octanol–water partition coefficient (Wildman–Crippen LogP) is 3.88. The Bertz CT molecular complexity index is 299. The van der Waals surface area contributed by atoms with Crippen LogP contribution in [0.5, 0.6) is 0 Å². The van der Waals surface area contributed by atoms with Gasteiger partial charge >= 0.3 is 0 Å². The van der Waals surface area contributed by atoms with Crippen molar-refractivity contribution < 1.29 is 0 Å². The van der Waals surface area contributed by atoms with Crippen molar-refractivity contribution in [3.8, 4) is 0 Å². The maximum absolute atomic E-state index is 5.90. The molecular weight excluding hydrogens is 217 g/mol. The maximum atomic E-state index is 5.90. The molecule has 0 aliphatic heterocycles. The predicted molar refractivity (Wildman–Crippen MR) is 63.1 cm³/mol. The van der Waals surface area contributed by atoms with Gasteiger partial charge in [0, 0.05) is 12.6 Å². The number of nitrogens with one attached hydrogen (secondary N) is 1. The zero-order valence-corrected chi connectivity index (χ0v) is 9.99. The Kier molecular flexibility index (Phi) is 4.73. The Labute approximate surface area is 95.4 Å². The van der Waals surface area contributed by atoms with E-state index in [-0.39, 0.29) is 0 Å². The summed E-state index contributed by atoms with van der Waals surface area (Å²) >= 11 is 11.7. The fraction of sp³-hybridized carbons (Fsp3) is 0.455. The standard InChI is InChI=1S/C11H15Cl2N/c1-3-8(2)14-7-9-4-5-10(12)11(13)6-9/h4-6,8,14H,3,7H2,1-2H3/t8-/m0/s1. The third-order valence-electron chi connectivity index (χ3n) is 2.25. The van der Waals surface area contributed by atoms with Crippen molar-refractivity contribution in [3.05, 3.63) is 33.8 Å². The van der Waals surface area contributed by atoms with E-state index in [4.69, 9.17) is 23.2 Å². The van der Waals surface area contributed by atoms with Crippen LogP contribution >= 0.6 is 23.2 Å². The molecule has 0 aliphatic rings. The topological polar surface area (TPSA) is 12.0 Å². The van der Waals surface area contributed by atoms with Gasteiger partial charge in [0.15, 0.2) is 0 Å². The molecule has 0 saturated carbocycles. The largest absolute Gasteiger partial charge is 0.310 e. The van der Waals surface area contributed by atoms with Gasteiger partial charge in [-0.3, -0.25) is 0 Å². The molecule has 0 heterocycles. The summed E-state index contributed by atoms with van der Waals surface area (Å²) < 4.78 is 0. The molecule has 0 aromatic heterocycles. The summed E-state index contributed by atoms with van der Waals surface area (Å²) in [7, 11) is 0. The number of hydrogen-bond donors (Lipinski definition) is 1. The highest BCUT2D eigenvalue weighted by Gasteiger charge is 2.01. The fourth-order valence-electron chi connectivity index (χ4n) is 1.09. The molecule has 1 atom stereocenters. The van der Waals surface area contributed by atoms with Crippen molar-refractivity contribution in [2.75, 3.05) is 0 Å². The zero-order chi connectivity index (χ0) is 10.6. The van der Waals surface area contributed by atoms with Crippen LogP contribution in [0, 0.1) is 0 Å². The van der Waals surface area contributed by atoms with Crippen LogP contribution in [0.15, 0.2) is 18.2 Å². The van der Waals surface area contributed by atoms with Gasteiger partial charge in [0.1, 0.15) is 0 Å². The van der Waals surface area contributed by atoms with Gasteiger partial charge in [0.25, 0.3) is 0 Å². The molecule has 1 N–H and O–H groups in total. The maximum Gasteiger partial charge on any atom is 0.0595 e. The van der Waals surface area contributed by atoms with Gasteiger partial charge < -0.3 is 5.32 Å². The third-order valence-corrected chi connectivity index (χ3v) is 2.99. The van der Waals surface area contributed by atoms with Crippen LogP contribution in [-0.2, 0) is 6.54 Å². The van der Waals surface area contributed by atoms with Crippen LogP contribution in [0.3, 0.4) is 0 Å². The van der Waals surface area contributed by atoms with E-state index in [1.54, 1.807) is 0 Å². The number of rotatable bonds is 4. The zero-order valence-electron chi connectivity index (χ0n) is 8.48. The second-order valence-electron chi connectivity index (χ2n) is 3.44. The molecule has 1 aromatic rings. The van der Waals surface area contributed by atoms with Gasteiger partial charge in [0.05, 0.1) is 10.0 Å². The van der Waals surface area contributed by atoms with E-state index in [1.807, 2.05) is 18.2 Å². The minimum Gasteiger partial charge on any atom is -0.310 e. The van der Waals surface area contributed by atoms with E-state index in [9.17, 15) is 0 Å². The van der Waals surface area contributed by atoms with E-state index in [2.05, 4.69) is 19.2 Å². The van der Waals surface area contributed by atoms with E-state index in [1.165, 1.54) is 5.56 Å². The number of halogens is 2. The van der Waals surface area contributed by atoms with Crippen molar-refractivity contribution >= 4 is 23.2 Å². The Morgan fingerprint density at radius 2 is 2.00 bits per heavy atom. The van der Waals surface area contributed by atoms with Gasteiger partial charge in [-0.15, -0.1) is 0 Å². The summed E-state index contributed by atoms with van der Waals surface area (Å²) in [5.74, 6) is 0. The quantitative estimate of drug-likeness (QED) is 0.830. The van der Waals surface area contributed by atoms with Crippen LogP contribution in [0.2, 0.25) is 10.0 Å². The molecule has 1 aromatic carbocycles. The molecule has 0 aliphatic carbocycles. The summed E-state index contributed by atoms with van der Waals surface area (Å²) in [4.78, 5) is 0. The smallest absolute Gasteiger partial charge is 0.0595 e. The molecule has 0 spiro atoms. The molecule has 0 saturated heterocycles. The van der Waals surface area contributed by atoms with Gasteiger partial charge in [-0.05, 0) is 31.0 Å². The van der Waals surface area contributed by atoms with Gasteiger partial charge in [-0.25, -0.2) is 0 Å². The molecule has 78 valence electrons. The first-order chi connectivity index (χ1) is 6.63. The molecule has 0 bridgehead atoms. The molecule has 14 heavy (non-hydrogen) atoms. The lowest BCUT2D eigenvalue weighted by Gasteiger charge is -2.11. The number of benzene rings is 1. The highest BCUT2D eigenvalue weighted by atomic mass is 35.5. The van der Waals surface area contributed by atoms with Crippen LogP contribution < -0.4 is 5.32 Å². The SMILES string of the molecule is CC[C@H](C)NCc1ccc(Cl)c(Cl)c1. The number of hydrogen-bond acceptors (Lipinski definition) is 1. The Hall–Kier alpha value is -0.240. The molecule has 1 nitrogen and oxygen atoms in total. The molecule has 0 fully saturated rings. The molecule has 0 radical (unpaired) electrons. The highest BCUT2D eigenvalue weighted by Crippen LogP contribution is 2.22. The van der Waals surface area contributed by atoms with Crippen LogP contribution in [-0.4, -0.2) is 6.04 Å². The second-order valence-corrected chi connectivity index (χ2v) is 4.25. The first-order valence-corrected chi connectivity index (χ1v) is 5.56. The van der Waals surface area contributed by atoms with Crippen molar-refractivity contribution in [3.63, 3.8) is 0 Å². The van der Waals surface area contributed by atoms with Gasteiger partial charge in [0.2, 0.25) is 0 Å². The van der Waals surface area contributed by atoms with E-state index >= 15 is 0 Å². The summed E-state index contributed by atoms with van der Waals surface area (Å²) in [5.41, 5.74) is 1.17. The summed E-state index contributed by atoms with van der Waals surface area (Å²) in [6.45, 7) is 5.16. The minimum atomic E-state index is 0.532. The van der Waals surface area contributed by atoms with E-state index < -0.39 is 0 Å². The van der Waals surface area contributed by atoms with Gasteiger partial charge in [-0.1, -0.05) is 36.2 Å². The van der Waals surface area contributed by atoms with Crippen LogP contribution in [0.4, 0.5) is 0 Å². The lowest BCUT2D eigenvalue weighted by atomic mass is 10.2. The minimum absolute atomic E-state index is 0.532. The van der Waals surface area contributed by atoms with E-state index in [0.717, 1.165) is 13.0 Å². The van der Waals surface area contributed by atoms with Crippen molar-refractivity contribution in [1.29, 1.82) is 0 Å². The first-order valence-electron chi connectivity index (χ1n) is 4.80. The van der Waals surface area contributed by atoms with E-state index in [0.29, 0.717) is 16.1 Å². The fourth-order valence-corrected chi connectivity index (χ4v) is 1.41. The van der Waals surface area contributed by atoms with Crippen molar-refractivity contribution in [1.82, 2.24) is 5.32 Å².